The number of benzene rings is 3. The number of H-pyrrole nitrogens is 1. The first kappa shape index (κ1) is 31.4. The minimum Gasteiger partial charge on any atom is -0.392 e. The molecule has 5 rings (SSSR count). The van der Waals surface area contributed by atoms with E-state index in [-0.39, 0.29) is 37.6 Å². The number of hydrogen-bond acceptors (Lipinski definition) is 9. The highest BCUT2D eigenvalue weighted by Crippen LogP contribution is 2.39. The van der Waals surface area contributed by atoms with Gasteiger partial charge < -0.3 is 19.9 Å². The highest BCUT2D eigenvalue weighted by Gasteiger charge is 2.32. The van der Waals surface area contributed by atoms with Gasteiger partial charge in [0.05, 0.1) is 18.8 Å². The fourth-order valence-corrected chi connectivity index (χ4v) is 5.70. The van der Waals surface area contributed by atoms with Crippen molar-refractivity contribution in [1.82, 2.24) is 26.0 Å². The second kappa shape index (κ2) is 15.6. The molecule has 0 radical (unpaired) electrons. The molecule has 12 heteroatoms. The molecule has 230 valence electrons. The van der Waals surface area contributed by atoms with Crippen LogP contribution in [0.2, 0.25) is 0 Å². The van der Waals surface area contributed by atoms with Crippen LogP contribution in [-0.2, 0) is 32.2 Å². The Bertz CT molecular complexity index is 1500. The lowest BCUT2D eigenvalue weighted by atomic mass is 9.99. The number of nitrogens with zero attached hydrogens (tertiary/aromatic N) is 2. The Labute approximate surface area is 259 Å². The summed E-state index contributed by atoms with van der Waals surface area (Å²) in [5.74, 6) is 0.0194. The molecule has 2 heterocycles. The molecule has 5 N–H and O–H groups in total. The molecule has 0 spiro atoms. The molecule has 3 aromatic carbocycles. The summed E-state index contributed by atoms with van der Waals surface area (Å²) in [5, 5.41) is 28.4. The molecule has 0 bridgehead atoms. The van der Waals surface area contributed by atoms with E-state index in [1.54, 1.807) is 17.2 Å². The number of aromatic amines is 1. The van der Waals surface area contributed by atoms with Gasteiger partial charge in [-0.15, -0.1) is 0 Å². The first-order valence-corrected chi connectivity index (χ1v) is 15.4. The van der Waals surface area contributed by atoms with Crippen molar-refractivity contribution in [2.24, 2.45) is 0 Å². The van der Waals surface area contributed by atoms with Crippen LogP contribution in [0.5, 0.6) is 0 Å². The Morgan fingerprint density at radius 1 is 0.932 bits per heavy atom. The third-order valence-electron chi connectivity index (χ3n) is 7.28. The normalized spacial score (nSPS) is 18.1. The van der Waals surface area contributed by atoms with Crippen molar-refractivity contribution in [2.75, 3.05) is 5.75 Å². The van der Waals surface area contributed by atoms with Crippen LogP contribution in [0.3, 0.4) is 0 Å². The van der Waals surface area contributed by atoms with E-state index in [4.69, 9.17) is 14.7 Å². The molecule has 1 aromatic heterocycles. The fourth-order valence-electron chi connectivity index (χ4n) is 4.91. The number of aliphatic hydroxyl groups is 1. The number of carbonyl (C=O) groups excluding carboxylic acids is 2. The smallest absolute Gasteiger partial charge is 0.243 e. The molecule has 0 aliphatic carbocycles. The van der Waals surface area contributed by atoms with E-state index in [1.807, 2.05) is 72.8 Å². The van der Waals surface area contributed by atoms with Crippen molar-refractivity contribution < 1.29 is 29.4 Å². The number of aliphatic hydroxyl groups excluding tert-OH is 1. The summed E-state index contributed by atoms with van der Waals surface area (Å²) >= 11 is 1.55. The van der Waals surface area contributed by atoms with Gasteiger partial charge in [-0.3, -0.25) is 19.9 Å². The van der Waals surface area contributed by atoms with Gasteiger partial charge in [0.25, 0.3) is 0 Å². The molecular weight excluding hydrogens is 582 g/mol. The molecule has 1 saturated heterocycles. The van der Waals surface area contributed by atoms with Crippen LogP contribution in [0, 0.1) is 0 Å². The average Bonchev–Trinajstić information content (AvgIpc) is 3.60. The zero-order valence-electron chi connectivity index (χ0n) is 24.0. The second-order valence-corrected chi connectivity index (χ2v) is 11.4. The summed E-state index contributed by atoms with van der Waals surface area (Å²) in [6, 6.07) is 23.8. The van der Waals surface area contributed by atoms with Crippen LogP contribution in [0.25, 0.3) is 11.1 Å². The third kappa shape index (κ3) is 8.74. The van der Waals surface area contributed by atoms with E-state index >= 15 is 0 Å². The molecule has 4 aromatic rings. The largest absolute Gasteiger partial charge is 0.392 e. The summed E-state index contributed by atoms with van der Waals surface area (Å²) in [4.78, 5) is 27.5. The van der Waals surface area contributed by atoms with Crippen LogP contribution in [0.15, 0.2) is 84.3 Å². The molecule has 2 amide bonds. The summed E-state index contributed by atoms with van der Waals surface area (Å²) < 4.78 is 12.9. The molecule has 44 heavy (non-hydrogen) atoms. The van der Waals surface area contributed by atoms with E-state index in [0.717, 1.165) is 38.5 Å². The number of aromatic nitrogens is 3. The van der Waals surface area contributed by atoms with Crippen LogP contribution in [0.4, 0.5) is 0 Å². The third-order valence-corrected chi connectivity index (χ3v) is 8.29. The van der Waals surface area contributed by atoms with Crippen LogP contribution in [0.1, 0.15) is 60.3 Å². The lowest BCUT2D eigenvalue weighted by Crippen LogP contribution is -2.31. The number of nitrogens with one attached hydrogen (secondary N) is 3. The first-order chi connectivity index (χ1) is 21.5. The maximum Gasteiger partial charge on any atom is 0.243 e. The predicted octanol–water partition coefficient (Wildman–Crippen LogP) is 4.59. The van der Waals surface area contributed by atoms with Crippen molar-refractivity contribution in [3.05, 3.63) is 101 Å². The van der Waals surface area contributed by atoms with Gasteiger partial charge in [-0.1, -0.05) is 78.5 Å². The maximum atomic E-state index is 12.1. The Hall–Kier alpha value is -4.07. The van der Waals surface area contributed by atoms with E-state index in [2.05, 4.69) is 20.5 Å². The lowest BCUT2D eigenvalue weighted by molar-refractivity contribution is -0.245. The van der Waals surface area contributed by atoms with Gasteiger partial charge in [0.15, 0.2) is 11.4 Å². The zero-order valence-corrected chi connectivity index (χ0v) is 24.8. The minimum atomic E-state index is -0.564. The van der Waals surface area contributed by atoms with Crippen molar-refractivity contribution in [3.8, 4) is 11.1 Å². The minimum absolute atomic E-state index is 0.00866. The van der Waals surface area contributed by atoms with E-state index < -0.39 is 12.2 Å². The summed E-state index contributed by atoms with van der Waals surface area (Å²) in [7, 11) is 0. The Balaban J connectivity index is 1.24. The zero-order chi connectivity index (χ0) is 30.7. The monoisotopic (exact) mass is 617 g/mol. The van der Waals surface area contributed by atoms with Crippen molar-refractivity contribution >= 4 is 23.6 Å². The van der Waals surface area contributed by atoms with Gasteiger partial charge in [-0.2, -0.15) is 5.10 Å². The Morgan fingerprint density at radius 2 is 1.70 bits per heavy atom. The highest BCUT2D eigenvalue weighted by molar-refractivity contribution is 7.99. The SMILES string of the molecule is O=C(CCCC(=O)NCc1cccc(-c2ccc([C@H]3O[C@@H](CSc4ncn[nH]4)C[C@@H](c4ccc(CO)cc4)O3)cc2)c1)NO. The molecule has 1 aliphatic rings. The van der Waals surface area contributed by atoms with Gasteiger partial charge in [0.2, 0.25) is 11.8 Å². The van der Waals surface area contributed by atoms with E-state index in [0.29, 0.717) is 25.1 Å². The second-order valence-electron chi connectivity index (χ2n) is 10.4. The predicted molar refractivity (Wildman–Crippen MR) is 163 cm³/mol. The van der Waals surface area contributed by atoms with Crippen LogP contribution < -0.4 is 10.8 Å². The Morgan fingerprint density at radius 3 is 2.43 bits per heavy atom. The topological polar surface area (TPSA) is 159 Å². The quantitative estimate of drug-likeness (QED) is 0.0822. The van der Waals surface area contributed by atoms with Crippen LogP contribution >= 0.6 is 11.8 Å². The van der Waals surface area contributed by atoms with Crippen molar-refractivity contribution in [1.29, 1.82) is 0 Å². The summed E-state index contributed by atoms with van der Waals surface area (Å²) in [6.07, 6.45) is 1.98. The molecule has 3 atom stereocenters. The summed E-state index contributed by atoms with van der Waals surface area (Å²) in [5.41, 5.74) is 7.32. The maximum absolute atomic E-state index is 12.1. The molecule has 0 saturated carbocycles. The lowest BCUT2D eigenvalue weighted by Gasteiger charge is -2.36. The van der Waals surface area contributed by atoms with Gasteiger partial charge in [-0.05, 0) is 40.3 Å². The van der Waals surface area contributed by atoms with Gasteiger partial charge in [0, 0.05) is 37.1 Å². The van der Waals surface area contributed by atoms with Gasteiger partial charge >= 0.3 is 0 Å². The van der Waals surface area contributed by atoms with Crippen molar-refractivity contribution in [3.63, 3.8) is 0 Å². The number of thioether (sulfide) groups is 1. The number of carbonyl (C=O) groups is 2. The van der Waals surface area contributed by atoms with Gasteiger partial charge in [0.1, 0.15) is 6.33 Å². The summed E-state index contributed by atoms with van der Waals surface area (Å²) in [6.45, 7) is 0.361. The molecule has 0 unspecified atom stereocenters. The van der Waals surface area contributed by atoms with Gasteiger partial charge in [-0.25, -0.2) is 10.5 Å². The average molecular weight is 618 g/mol. The number of rotatable bonds is 13. The fraction of sp³-hybridized carbons (Fsp3) is 0.312. The molecule has 11 nitrogen and oxygen atoms in total. The Kier molecular flexibility index (Phi) is 11.1. The number of hydroxylamine groups is 1. The van der Waals surface area contributed by atoms with Crippen LogP contribution in [-0.4, -0.2) is 49.2 Å². The number of ether oxygens (including phenoxy) is 2. The first-order valence-electron chi connectivity index (χ1n) is 14.4. The molecular formula is C32H35N5O6S. The highest BCUT2D eigenvalue weighted by atomic mass is 32.2. The number of hydrogen-bond donors (Lipinski definition) is 5. The standard InChI is InChI=1S/C32H35N5O6S/c38-18-21-7-9-24(10-8-21)28-16-27(19-44-32-34-20-35-36-32)42-31(43-28)25-13-11-23(12-14-25)26-4-1-3-22(15-26)17-33-29(39)5-2-6-30(40)37-41/h1,3-4,7-15,20,27-28,31,38,41H,2,5-6,16-19H2,(H,33,39)(H,37,40)(H,34,35,36)/t27-,28+,31+/m1/s1. The van der Waals surface area contributed by atoms with Crippen molar-refractivity contribution in [2.45, 2.75) is 62.5 Å². The number of amides is 2. The molecule has 1 fully saturated rings. The van der Waals surface area contributed by atoms with E-state index in [9.17, 15) is 14.7 Å². The van der Waals surface area contributed by atoms with E-state index in [1.165, 1.54) is 6.33 Å². The molecule has 1 aliphatic heterocycles.